The predicted molar refractivity (Wildman–Crippen MR) is 83.0 cm³/mol. The van der Waals surface area contributed by atoms with Crippen LogP contribution in [0.4, 0.5) is 0 Å². The molecular formula is C16H18N4O3. The molecule has 1 fully saturated rings. The molecule has 1 saturated carbocycles. The monoisotopic (exact) mass is 314 g/mol. The molecular weight excluding hydrogens is 296 g/mol. The van der Waals surface area contributed by atoms with Crippen molar-refractivity contribution in [2.24, 2.45) is 0 Å². The van der Waals surface area contributed by atoms with Crippen LogP contribution in [0.1, 0.15) is 35.7 Å². The molecule has 0 aliphatic heterocycles. The maximum absolute atomic E-state index is 12.3. The summed E-state index contributed by atoms with van der Waals surface area (Å²) in [6.45, 7) is 8.36. The molecule has 0 aromatic heterocycles. The van der Waals surface area contributed by atoms with Crippen molar-refractivity contribution < 1.29 is 14.4 Å². The number of hydrogen-bond acceptors (Lipinski definition) is 3. The third kappa shape index (κ3) is 4.54. The number of amides is 3. The first-order valence-electron chi connectivity index (χ1n) is 7.25. The number of rotatable bonds is 5. The van der Waals surface area contributed by atoms with E-state index in [2.05, 4.69) is 20.8 Å². The third-order valence-corrected chi connectivity index (χ3v) is 3.64. The highest BCUT2D eigenvalue weighted by Gasteiger charge is 2.39. The summed E-state index contributed by atoms with van der Waals surface area (Å²) in [5.41, 5.74) is 0.968. The van der Waals surface area contributed by atoms with Crippen LogP contribution in [0.5, 0.6) is 0 Å². The maximum atomic E-state index is 12.3. The van der Waals surface area contributed by atoms with E-state index < -0.39 is 11.8 Å². The van der Waals surface area contributed by atoms with Crippen LogP contribution >= 0.6 is 0 Å². The highest BCUT2D eigenvalue weighted by Crippen LogP contribution is 2.34. The average Bonchev–Trinajstić information content (AvgIpc) is 3.27. The van der Waals surface area contributed by atoms with E-state index in [0.29, 0.717) is 11.1 Å². The molecule has 0 bridgehead atoms. The van der Waals surface area contributed by atoms with Crippen LogP contribution in [-0.2, 0) is 16.1 Å². The van der Waals surface area contributed by atoms with Gasteiger partial charge in [0.15, 0.2) is 0 Å². The van der Waals surface area contributed by atoms with Gasteiger partial charge in [0.2, 0.25) is 0 Å². The van der Waals surface area contributed by atoms with Gasteiger partial charge in [-0.3, -0.25) is 24.5 Å². The number of nitrogens with one attached hydrogen (secondary N) is 3. The molecule has 7 nitrogen and oxygen atoms in total. The van der Waals surface area contributed by atoms with Crippen molar-refractivity contribution in [1.82, 2.24) is 16.0 Å². The molecule has 0 spiro atoms. The maximum Gasteiger partial charge on any atom is 0.314 e. The Hall–Kier alpha value is -2.88. The van der Waals surface area contributed by atoms with E-state index in [-0.39, 0.29) is 24.7 Å². The molecule has 1 aliphatic carbocycles. The Balaban J connectivity index is 1.97. The van der Waals surface area contributed by atoms with Gasteiger partial charge in [0.25, 0.3) is 12.6 Å². The summed E-state index contributed by atoms with van der Waals surface area (Å²) >= 11 is 0. The fourth-order valence-corrected chi connectivity index (χ4v) is 2.00. The minimum atomic E-state index is -0.867. The first kappa shape index (κ1) is 16.5. The number of hydrogen-bond donors (Lipinski definition) is 3. The van der Waals surface area contributed by atoms with Gasteiger partial charge in [0, 0.05) is 17.6 Å². The zero-order valence-corrected chi connectivity index (χ0v) is 12.8. The Morgan fingerprint density at radius 3 is 2.48 bits per heavy atom. The fourth-order valence-electron chi connectivity index (χ4n) is 2.00. The second kappa shape index (κ2) is 6.92. The molecule has 0 heterocycles. The Morgan fingerprint density at radius 2 is 1.83 bits per heavy atom. The molecule has 0 radical (unpaired) electrons. The lowest BCUT2D eigenvalue weighted by atomic mass is 10.1. The van der Waals surface area contributed by atoms with E-state index in [0.717, 1.165) is 12.8 Å². The Kier molecular flexibility index (Phi) is 4.96. The summed E-state index contributed by atoms with van der Waals surface area (Å²) in [5.74, 6) is -1.89. The molecule has 7 heteroatoms. The highest BCUT2D eigenvalue weighted by molar-refractivity contribution is 6.35. The Labute approximate surface area is 134 Å². The minimum absolute atomic E-state index is 0.0601. The van der Waals surface area contributed by atoms with Crippen molar-refractivity contribution in [3.05, 3.63) is 46.8 Å². The summed E-state index contributed by atoms with van der Waals surface area (Å²) in [7, 11) is 0. The second-order valence-corrected chi connectivity index (χ2v) is 5.68. The zero-order chi connectivity index (χ0) is 16.9. The molecule has 0 unspecified atom stereocenters. The van der Waals surface area contributed by atoms with Crippen molar-refractivity contribution >= 4 is 17.7 Å². The SMILES string of the molecule is [C-]#[N+]CNC(=O)C(=O)NCc1ccccc1C(=O)NC1(C)CC1. The predicted octanol–water partition coefficient (Wildman–Crippen LogP) is 0.578. The quantitative estimate of drug-likeness (QED) is 0.548. The van der Waals surface area contributed by atoms with Crippen molar-refractivity contribution in [1.29, 1.82) is 0 Å². The van der Waals surface area contributed by atoms with E-state index in [4.69, 9.17) is 6.57 Å². The molecule has 0 atom stereocenters. The summed E-state index contributed by atoms with van der Waals surface area (Å²) in [5, 5.41) is 7.57. The van der Waals surface area contributed by atoms with Crippen LogP contribution in [-0.4, -0.2) is 29.9 Å². The van der Waals surface area contributed by atoms with Crippen molar-refractivity contribution in [2.45, 2.75) is 31.8 Å². The van der Waals surface area contributed by atoms with Gasteiger partial charge in [-0.05, 0) is 31.4 Å². The Bertz CT molecular complexity index is 674. The molecule has 0 saturated heterocycles. The van der Waals surface area contributed by atoms with Gasteiger partial charge in [-0.1, -0.05) is 18.2 Å². The summed E-state index contributed by atoms with van der Waals surface area (Å²) in [6.07, 6.45) is 1.91. The Morgan fingerprint density at radius 1 is 1.17 bits per heavy atom. The lowest BCUT2D eigenvalue weighted by Crippen LogP contribution is -2.40. The molecule has 1 aromatic rings. The molecule has 3 N–H and O–H groups in total. The van der Waals surface area contributed by atoms with E-state index in [1.807, 2.05) is 6.92 Å². The zero-order valence-electron chi connectivity index (χ0n) is 12.8. The second-order valence-electron chi connectivity index (χ2n) is 5.68. The van der Waals surface area contributed by atoms with Gasteiger partial charge in [-0.25, -0.2) is 6.57 Å². The van der Waals surface area contributed by atoms with Crippen molar-refractivity contribution in [2.75, 3.05) is 6.67 Å². The lowest BCUT2D eigenvalue weighted by molar-refractivity contribution is -0.139. The number of carbonyl (C=O) groups is 3. The number of nitrogens with zero attached hydrogens (tertiary/aromatic N) is 1. The van der Waals surface area contributed by atoms with Crippen LogP contribution < -0.4 is 16.0 Å². The van der Waals surface area contributed by atoms with Gasteiger partial charge in [-0.2, -0.15) is 0 Å². The van der Waals surface area contributed by atoms with Crippen LogP contribution in [0, 0.1) is 6.57 Å². The van der Waals surface area contributed by atoms with Gasteiger partial charge < -0.3 is 10.6 Å². The van der Waals surface area contributed by atoms with Crippen LogP contribution in [0.3, 0.4) is 0 Å². The van der Waals surface area contributed by atoms with E-state index in [1.165, 1.54) is 0 Å². The highest BCUT2D eigenvalue weighted by atomic mass is 16.2. The standard InChI is InChI=1S/C16H18N4O3/c1-16(7-8-16)20-13(21)12-6-4-3-5-11(12)9-18-14(22)15(23)19-10-17-2/h3-6H,7-10H2,1H3,(H,18,22)(H,19,23)(H,20,21). The van der Waals surface area contributed by atoms with Crippen LogP contribution in [0.2, 0.25) is 0 Å². The first-order chi connectivity index (χ1) is 10.9. The van der Waals surface area contributed by atoms with E-state index >= 15 is 0 Å². The van der Waals surface area contributed by atoms with E-state index in [9.17, 15) is 14.4 Å². The van der Waals surface area contributed by atoms with E-state index in [1.54, 1.807) is 24.3 Å². The van der Waals surface area contributed by atoms with Gasteiger partial charge >= 0.3 is 11.8 Å². The fraction of sp³-hybridized carbons (Fsp3) is 0.375. The molecule has 1 aromatic carbocycles. The lowest BCUT2D eigenvalue weighted by Gasteiger charge is -2.14. The van der Waals surface area contributed by atoms with Gasteiger partial charge in [-0.15, -0.1) is 0 Å². The summed E-state index contributed by atoms with van der Waals surface area (Å²) < 4.78 is 0. The first-order valence-corrected chi connectivity index (χ1v) is 7.25. The van der Waals surface area contributed by atoms with Crippen molar-refractivity contribution in [3.8, 4) is 0 Å². The number of benzene rings is 1. The summed E-state index contributed by atoms with van der Waals surface area (Å²) in [4.78, 5) is 38.3. The summed E-state index contributed by atoms with van der Waals surface area (Å²) in [6, 6.07) is 6.91. The molecule has 3 amide bonds. The van der Waals surface area contributed by atoms with Crippen LogP contribution in [0.15, 0.2) is 24.3 Å². The minimum Gasteiger partial charge on any atom is -0.347 e. The molecule has 23 heavy (non-hydrogen) atoms. The number of carbonyl (C=O) groups excluding carboxylic acids is 3. The topological polar surface area (TPSA) is 91.7 Å². The smallest absolute Gasteiger partial charge is 0.314 e. The largest absolute Gasteiger partial charge is 0.347 e. The molecule has 2 rings (SSSR count). The van der Waals surface area contributed by atoms with Crippen molar-refractivity contribution in [3.63, 3.8) is 0 Å². The van der Waals surface area contributed by atoms with Crippen LogP contribution in [0.25, 0.3) is 4.85 Å². The molecule has 1 aliphatic rings. The van der Waals surface area contributed by atoms with Gasteiger partial charge in [0.05, 0.1) is 0 Å². The average molecular weight is 314 g/mol. The van der Waals surface area contributed by atoms with Gasteiger partial charge in [0.1, 0.15) is 0 Å². The normalized spacial score (nSPS) is 14.3. The third-order valence-electron chi connectivity index (χ3n) is 3.64. The molecule has 120 valence electrons.